The summed E-state index contributed by atoms with van der Waals surface area (Å²) in [5.74, 6) is 1.83. The molecule has 0 amide bonds. The van der Waals surface area contributed by atoms with Gasteiger partial charge in [0.15, 0.2) is 0 Å². The fourth-order valence-corrected chi connectivity index (χ4v) is 2.94. The average Bonchev–Trinajstić information content (AvgIpc) is 2.47. The molecule has 0 aliphatic carbocycles. The van der Waals surface area contributed by atoms with Crippen molar-refractivity contribution >= 4 is 0 Å². The fraction of sp³-hybridized carbons (Fsp3) is 0.667. The number of hydrogen-bond donors (Lipinski definition) is 1. The molecule has 21 heavy (non-hydrogen) atoms. The number of hydrogen-bond acceptors (Lipinski definition) is 3. The summed E-state index contributed by atoms with van der Waals surface area (Å²) in [5.41, 5.74) is 1.25. The van der Waals surface area contributed by atoms with Crippen molar-refractivity contribution in [1.29, 1.82) is 0 Å². The van der Waals surface area contributed by atoms with Gasteiger partial charge in [-0.1, -0.05) is 12.1 Å². The van der Waals surface area contributed by atoms with Crippen LogP contribution in [0, 0.1) is 12.8 Å². The minimum absolute atomic E-state index is 0.584. The van der Waals surface area contributed by atoms with E-state index in [1.807, 2.05) is 6.07 Å². The highest BCUT2D eigenvalue weighted by molar-refractivity contribution is 5.27. The largest absolute Gasteiger partial charge is 0.492 e. The van der Waals surface area contributed by atoms with Gasteiger partial charge in [-0.15, -0.1) is 0 Å². The molecule has 0 atom stereocenters. The summed E-state index contributed by atoms with van der Waals surface area (Å²) in [5, 5.41) is 3.44. The number of aryl methyl sites for hydroxylation is 1. The van der Waals surface area contributed by atoms with Gasteiger partial charge in [0.2, 0.25) is 0 Å². The van der Waals surface area contributed by atoms with Crippen LogP contribution in [-0.4, -0.2) is 43.7 Å². The van der Waals surface area contributed by atoms with Crippen molar-refractivity contribution in [3.63, 3.8) is 0 Å². The van der Waals surface area contributed by atoms with E-state index in [4.69, 9.17) is 4.74 Å². The van der Waals surface area contributed by atoms with Gasteiger partial charge >= 0.3 is 0 Å². The van der Waals surface area contributed by atoms with Gasteiger partial charge in [-0.05, 0) is 70.3 Å². The van der Waals surface area contributed by atoms with Crippen molar-refractivity contribution in [1.82, 2.24) is 10.2 Å². The van der Waals surface area contributed by atoms with Crippen molar-refractivity contribution in [2.24, 2.45) is 5.92 Å². The Hall–Kier alpha value is -1.06. The molecule has 1 aliphatic heterocycles. The van der Waals surface area contributed by atoms with Gasteiger partial charge in [0, 0.05) is 19.1 Å². The van der Waals surface area contributed by atoms with Crippen LogP contribution < -0.4 is 10.1 Å². The Balaban J connectivity index is 1.77. The Labute approximate surface area is 129 Å². The molecule has 0 radical (unpaired) electrons. The molecule has 1 N–H and O–H groups in total. The maximum absolute atomic E-state index is 5.90. The highest BCUT2D eigenvalue weighted by atomic mass is 16.5. The fourth-order valence-electron chi connectivity index (χ4n) is 2.94. The van der Waals surface area contributed by atoms with Crippen LogP contribution in [0.4, 0.5) is 0 Å². The standard InChI is InChI=1S/C18H30N2O/c1-15(2)20(14-17-7-9-19-10-8-17)11-12-21-18-6-4-5-16(3)13-18/h4-6,13,15,17,19H,7-12,14H2,1-3H3. The first-order valence-electron chi connectivity index (χ1n) is 8.29. The summed E-state index contributed by atoms with van der Waals surface area (Å²) in [6, 6.07) is 8.89. The molecule has 118 valence electrons. The van der Waals surface area contributed by atoms with E-state index >= 15 is 0 Å². The lowest BCUT2D eigenvalue weighted by molar-refractivity contribution is 0.141. The molecule has 0 aromatic heterocycles. The summed E-state index contributed by atoms with van der Waals surface area (Å²) in [4.78, 5) is 2.56. The lowest BCUT2D eigenvalue weighted by Crippen LogP contribution is -2.41. The predicted molar refractivity (Wildman–Crippen MR) is 89.0 cm³/mol. The van der Waals surface area contributed by atoms with Gasteiger partial charge in [-0.25, -0.2) is 0 Å². The molecule has 0 saturated carbocycles. The van der Waals surface area contributed by atoms with Crippen molar-refractivity contribution in [2.75, 3.05) is 32.8 Å². The monoisotopic (exact) mass is 290 g/mol. The summed E-state index contributed by atoms with van der Waals surface area (Å²) >= 11 is 0. The molecule has 3 nitrogen and oxygen atoms in total. The van der Waals surface area contributed by atoms with Crippen molar-refractivity contribution < 1.29 is 4.74 Å². The SMILES string of the molecule is Cc1cccc(OCCN(CC2CCNCC2)C(C)C)c1. The third kappa shape index (κ3) is 5.68. The lowest BCUT2D eigenvalue weighted by atomic mass is 9.97. The summed E-state index contributed by atoms with van der Waals surface area (Å²) in [7, 11) is 0. The third-order valence-corrected chi connectivity index (χ3v) is 4.32. The molecule has 1 aromatic rings. The first-order valence-corrected chi connectivity index (χ1v) is 8.29. The first kappa shape index (κ1) is 16.3. The van der Waals surface area contributed by atoms with Crippen LogP contribution in [0.5, 0.6) is 5.75 Å². The Kier molecular flexibility index (Phi) is 6.52. The molecule has 1 fully saturated rings. The van der Waals surface area contributed by atoms with Gasteiger partial charge in [0.25, 0.3) is 0 Å². The summed E-state index contributed by atoms with van der Waals surface area (Å²) in [6.07, 6.45) is 2.61. The highest BCUT2D eigenvalue weighted by Crippen LogP contribution is 2.16. The number of nitrogens with zero attached hydrogens (tertiary/aromatic N) is 1. The van der Waals surface area contributed by atoms with Crippen LogP contribution in [0.15, 0.2) is 24.3 Å². The Bertz CT molecular complexity index is 413. The van der Waals surface area contributed by atoms with Gasteiger partial charge < -0.3 is 10.1 Å². The van der Waals surface area contributed by atoms with Gasteiger partial charge in [-0.2, -0.15) is 0 Å². The van der Waals surface area contributed by atoms with E-state index in [2.05, 4.69) is 49.2 Å². The van der Waals surface area contributed by atoms with E-state index in [0.717, 1.165) is 24.8 Å². The van der Waals surface area contributed by atoms with E-state index in [9.17, 15) is 0 Å². The maximum atomic E-state index is 5.90. The second-order valence-corrected chi connectivity index (χ2v) is 6.45. The molecule has 0 spiro atoms. The zero-order valence-corrected chi connectivity index (χ0v) is 13.8. The topological polar surface area (TPSA) is 24.5 Å². The zero-order chi connectivity index (χ0) is 15.1. The number of piperidine rings is 1. The normalized spacial score (nSPS) is 16.6. The van der Waals surface area contributed by atoms with E-state index in [1.165, 1.54) is 38.0 Å². The summed E-state index contributed by atoms with van der Waals surface area (Å²) < 4.78 is 5.90. The van der Waals surface area contributed by atoms with Gasteiger partial charge in [0.05, 0.1) is 0 Å². The molecule has 1 heterocycles. The van der Waals surface area contributed by atoms with Gasteiger partial charge in [-0.3, -0.25) is 4.90 Å². The first-order chi connectivity index (χ1) is 10.1. The van der Waals surface area contributed by atoms with Crippen molar-refractivity contribution in [3.8, 4) is 5.75 Å². The highest BCUT2D eigenvalue weighted by Gasteiger charge is 2.18. The van der Waals surface area contributed by atoms with Crippen LogP contribution in [-0.2, 0) is 0 Å². The van der Waals surface area contributed by atoms with Crippen LogP contribution in [0.2, 0.25) is 0 Å². The average molecular weight is 290 g/mol. The predicted octanol–water partition coefficient (Wildman–Crippen LogP) is 3.08. The smallest absolute Gasteiger partial charge is 0.119 e. The molecule has 1 aliphatic rings. The molecule has 0 unspecified atom stereocenters. The molecular formula is C18H30N2O. The van der Waals surface area contributed by atoms with E-state index < -0.39 is 0 Å². The summed E-state index contributed by atoms with van der Waals surface area (Å²) in [6.45, 7) is 12.0. The van der Waals surface area contributed by atoms with Crippen LogP contribution >= 0.6 is 0 Å². The molecule has 3 heteroatoms. The lowest BCUT2D eigenvalue weighted by Gasteiger charge is -2.32. The maximum Gasteiger partial charge on any atom is 0.119 e. The van der Waals surface area contributed by atoms with Crippen LogP contribution in [0.3, 0.4) is 0 Å². The Morgan fingerprint density at radius 2 is 2.05 bits per heavy atom. The Morgan fingerprint density at radius 1 is 1.29 bits per heavy atom. The minimum atomic E-state index is 0.584. The van der Waals surface area contributed by atoms with Crippen LogP contribution in [0.25, 0.3) is 0 Å². The Morgan fingerprint density at radius 3 is 2.71 bits per heavy atom. The van der Waals surface area contributed by atoms with Crippen molar-refractivity contribution in [2.45, 2.75) is 39.7 Å². The molecule has 1 aromatic carbocycles. The van der Waals surface area contributed by atoms with Crippen molar-refractivity contribution in [3.05, 3.63) is 29.8 Å². The van der Waals surface area contributed by atoms with E-state index in [-0.39, 0.29) is 0 Å². The minimum Gasteiger partial charge on any atom is -0.492 e. The second kappa shape index (κ2) is 8.40. The zero-order valence-electron chi connectivity index (χ0n) is 13.8. The molecule has 2 rings (SSSR count). The quantitative estimate of drug-likeness (QED) is 0.835. The number of benzene rings is 1. The number of ether oxygens (including phenoxy) is 1. The van der Waals surface area contributed by atoms with E-state index in [1.54, 1.807) is 0 Å². The number of nitrogens with one attached hydrogen (secondary N) is 1. The van der Waals surface area contributed by atoms with E-state index in [0.29, 0.717) is 6.04 Å². The van der Waals surface area contributed by atoms with Crippen LogP contribution in [0.1, 0.15) is 32.3 Å². The molecule has 0 bridgehead atoms. The second-order valence-electron chi connectivity index (χ2n) is 6.45. The third-order valence-electron chi connectivity index (χ3n) is 4.32. The molecule has 1 saturated heterocycles. The molecular weight excluding hydrogens is 260 g/mol. The van der Waals surface area contributed by atoms with Gasteiger partial charge in [0.1, 0.15) is 12.4 Å². The number of rotatable bonds is 7.